The molecule has 1 unspecified atom stereocenters. The molecule has 0 aliphatic heterocycles. The van der Waals surface area contributed by atoms with Crippen molar-refractivity contribution >= 4 is 5.82 Å². The molecule has 0 aromatic carbocycles. The Morgan fingerprint density at radius 2 is 2.31 bits per heavy atom. The molecule has 3 heteroatoms. The highest BCUT2D eigenvalue weighted by Crippen LogP contribution is 2.30. The Hall–Kier alpha value is -1.56. The van der Waals surface area contributed by atoms with Crippen LogP contribution >= 0.6 is 0 Å². The molecule has 1 aliphatic rings. The highest BCUT2D eigenvalue weighted by Gasteiger charge is 2.23. The maximum Gasteiger partial charge on any atom is 0.141 e. The lowest BCUT2D eigenvalue weighted by Crippen LogP contribution is -2.20. The van der Waals surface area contributed by atoms with Crippen molar-refractivity contribution in [3.8, 4) is 6.07 Å². The van der Waals surface area contributed by atoms with E-state index in [-0.39, 0.29) is 0 Å². The Morgan fingerprint density at radius 1 is 1.56 bits per heavy atom. The summed E-state index contributed by atoms with van der Waals surface area (Å²) in [4.78, 5) is 4.33. The van der Waals surface area contributed by atoms with Gasteiger partial charge in [-0.1, -0.05) is 13.8 Å². The van der Waals surface area contributed by atoms with Crippen molar-refractivity contribution in [2.45, 2.75) is 33.1 Å². The minimum absolute atomic E-state index is 0.379. The molecular weight excluding hydrogens is 198 g/mol. The van der Waals surface area contributed by atoms with E-state index in [1.807, 2.05) is 6.07 Å². The number of pyridine rings is 1. The van der Waals surface area contributed by atoms with Gasteiger partial charge in [0.15, 0.2) is 0 Å². The molecule has 0 bridgehead atoms. The predicted molar refractivity (Wildman–Crippen MR) is 63.7 cm³/mol. The number of nitrogens with two attached hydrogens (primary N) is 1. The highest BCUT2D eigenvalue weighted by atomic mass is 14.8. The first-order valence-corrected chi connectivity index (χ1v) is 5.80. The van der Waals surface area contributed by atoms with Gasteiger partial charge in [-0.2, -0.15) is 5.26 Å². The van der Waals surface area contributed by atoms with E-state index in [9.17, 15) is 0 Å². The topological polar surface area (TPSA) is 62.7 Å². The van der Waals surface area contributed by atoms with Gasteiger partial charge in [-0.3, -0.25) is 0 Å². The van der Waals surface area contributed by atoms with Crippen LogP contribution in [-0.2, 0) is 12.8 Å². The molecule has 1 atom stereocenters. The Kier molecular flexibility index (Phi) is 2.82. The van der Waals surface area contributed by atoms with Gasteiger partial charge in [0.1, 0.15) is 11.9 Å². The van der Waals surface area contributed by atoms with Gasteiger partial charge in [0, 0.05) is 5.69 Å². The van der Waals surface area contributed by atoms with Crippen LogP contribution in [0.5, 0.6) is 0 Å². The van der Waals surface area contributed by atoms with Gasteiger partial charge in [-0.05, 0) is 42.7 Å². The van der Waals surface area contributed by atoms with Gasteiger partial charge >= 0.3 is 0 Å². The molecule has 0 saturated heterocycles. The summed E-state index contributed by atoms with van der Waals surface area (Å²) < 4.78 is 0. The average Bonchev–Trinajstić information content (AvgIpc) is 2.27. The monoisotopic (exact) mass is 215 g/mol. The summed E-state index contributed by atoms with van der Waals surface area (Å²) >= 11 is 0. The minimum atomic E-state index is 0.379. The van der Waals surface area contributed by atoms with Crippen LogP contribution in [-0.4, -0.2) is 4.98 Å². The van der Waals surface area contributed by atoms with Crippen molar-refractivity contribution in [2.24, 2.45) is 11.8 Å². The molecule has 1 aromatic heterocycles. The predicted octanol–water partition coefficient (Wildman–Crippen LogP) is 2.30. The summed E-state index contributed by atoms with van der Waals surface area (Å²) in [7, 11) is 0. The standard InChI is InChI=1S/C13H17N3/c1-8(2)9-3-4-12-10(5-9)6-11(7-14)13(15)16-12/h6,8-9H,3-5H2,1-2H3,(H2,15,16). The van der Waals surface area contributed by atoms with Crippen LogP contribution in [0.1, 0.15) is 37.1 Å². The summed E-state index contributed by atoms with van der Waals surface area (Å²) in [6.07, 6.45) is 3.21. The normalized spacial score (nSPS) is 19.2. The van der Waals surface area contributed by atoms with Crippen LogP contribution < -0.4 is 5.73 Å². The third kappa shape index (κ3) is 1.88. The molecule has 2 rings (SSSR count). The molecule has 0 saturated carbocycles. The Balaban J connectivity index is 2.35. The fourth-order valence-corrected chi connectivity index (χ4v) is 2.37. The molecule has 1 aromatic rings. The smallest absolute Gasteiger partial charge is 0.141 e. The SMILES string of the molecule is CC(C)C1CCc2nc(N)c(C#N)cc2C1. The zero-order chi connectivity index (χ0) is 11.7. The van der Waals surface area contributed by atoms with Crippen LogP contribution in [0.25, 0.3) is 0 Å². The summed E-state index contributed by atoms with van der Waals surface area (Å²) in [6, 6.07) is 4.02. The van der Waals surface area contributed by atoms with E-state index in [0.717, 1.165) is 18.5 Å². The second-order valence-electron chi connectivity index (χ2n) is 4.89. The van der Waals surface area contributed by atoms with Crippen molar-refractivity contribution < 1.29 is 0 Å². The number of fused-ring (bicyclic) bond motifs is 1. The highest BCUT2D eigenvalue weighted by molar-refractivity contribution is 5.51. The van der Waals surface area contributed by atoms with Gasteiger partial charge in [-0.25, -0.2) is 4.98 Å². The fourth-order valence-electron chi connectivity index (χ4n) is 2.37. The zero-order valence-electron chi connectivity index (χ0n) is 9.83. The number of anilines is 1. The summed E-state index contributed by atoms with van der Waals surface area (Å²) in [6.45, 7) is 4.51. The maximum absolute atomic E-state index is 8.93. The van der Waals surface area contributed by atoms with Gasteiger partial charge in [0.25, 0.3) is 0 Å². The number of hydrogen-bond donors (Lipinski definition) is 1. The molecule has 1 aliphatic carbocycles. The number of aryl methyl sites for hydroxylation is 1. The lowest BCUT2D eigenvalue weighted by molar-refractivity contribution is 0.340. The van der Waals surface area contributed by atoms with Gasteiger partial charge in [0.2, 0.25) is 0 Å². The van der Waals surface area contributed by atoms with Crippen molar-refractivity contribution in [1.29, 1.82) is 5.26 Å². The number of nitrogen functional groups attached to an aromatic ring is 1. The third-order valence-corrected chi connectivity index (χ3v) is 3.52. The Labute approximate surface area is 96.3 Å². The molecule has 0 spiro atoms. The fraction of sp³-hybridized carbons (Fsp3) is 0.538. The number of nitriles is 1. The molecule has 0 amide bonds. The first-order chi connectivity index (χ1) is 7.61. The Morgan fingerprint density at radius 3 is 2.94 bits per heavy atom. The number of nitrogens with zero attached hydrogens (tertiary/aromatic N) is 2. The van der Waals surface area contributed by atoms with Crippen LogP contribution in [0.15, 0.2) is 6.07 Å². The van der Waals surface area contributed by atoms with Gasteiger partial charge < -0.3 is 5.73 Å². The molecular formula is C13H17N3. The van der Waals surface area contributed by atoms with E-state index < -0.39 is 0 Å². The number of hydrogen-bond acceptors (Lipinski definition) is 3. The summed E-state index contributed by atoms with van der Waals surface area (Å²) in [5.41, 5.74) is 8.54. The molecule has 0 fully saturated rings. The average molecular weight is 215 g/mol. The van der Waals surface area contributed by atoms with E-state index in [4.69, 9.17) is 11.0 Å². The van der Waals surface area contributed by atoms with Crippen LogP contribution in [0.3, 0.4) is 0 Å². The van der Waals surface area contributed by atoms with Gasteiger partial charge in [0.05, 0.1) is 5.56 Å². The first-order valence-electron chi connectivity index (χ1n) is 5.80. The second kappa shape index (κ2) is 4.13. The van der Waals surface area contributed by atoms with Crippen molar-refractivity contribution in [2.75, 3.05) is 5.73 Å². The van der Waals surface area contributed by atoms with E-state index in [0.29, 0.717) is 23.2 Å². The maximum atomic E-state index is 8.93. The number of rotatable bonds is 1. The van der Waals surface area contributed by atoms with Crippen LogP contribution in [0.2, 0.25) is 0 Å². The van der Waals surface area contributed by atoms with Crippen molar-refractivity contribution in [3.05, 3.63) is 22.9 Å². The lowest BCUT2D eigenvalue weighted by atomic mass is 9.80. The molecule has 3 nitrogen and oxygen atoms in total. The van der Waals surface area contributed by atoms with Crippen molar-refractivity contribution in [3.63, 3.8) is 0 Å². The van der Waals surface area contributed by atoms with E-state index >= 15 is 0 Å². The largest absolute Gasteiger partial charge is 0.383 e. The molecule has 0 radical (unpaired) electrons. The number of aromatic nitrogens is 1. The molecule has 84 valence electrons. The Bertz CT molecular complexity index is 443. The molecule has 2 N–H and O–H groups in total. The van der Waals surface area contributed by atoms with Gasteiger partial charge in [-0.15, -0.1) is 0 Å². The van der Waals surface area contributed by atoms with E-state index in [2.05, 4.69) is 24.9 Å². The molecule has 16 heavy (non-hydrogen) atoms. The first kappa shape index (κ1) is 10.9. The van der Waals surface area contributed by atoms with E-state index in [1.54, 1.807) is 0 Å². The zero-order valence-corrected chi connectivity index (χ0v) is 9.83. The second-order valence-corrected chi connectivity index (χ2v) is 4.89. The van der Waals surface area contributed by atoms with E-state index in [1.165, 1.54) is 12.0 Å². The van der Waals surface area contributed by atoms with Crippen LogP contribution in [0, 0.1) is 23.2 Å². The minimum Gasteiger partial charge on any atom is -0.383 e. The summed E-state index contributed by atoms with van der Waals surface area (Å²) in [5, 5.41) is 8.93. The third-order valence-electron chi connectivity index (χ3n) is 3.52. The van der Waals surface area contributed by atoms with Crippen molar-refractivity contribution in [1.82, 2.24) is 4.98 Å². The quantitative estimate of drug-likeness (QED) is 0.781. The van der Waals surface area contributed by atoms with Crippen LogP contribution in [0.4, 0.5) is 5.82 Å². The lowest BCUT2D eigenvalue weighted by Gasteiger charge is -2.27. The molecule has 1 heterocycles. The summed E-state index contributed by atoms with van der Waals surface area (Å²) in [5.74, 6) is 1.78.